The molecule has 0 bridgehead atoms. The summed E-state index contributed by atoms with van der Waals surface area (Å²) in [6.07, 6.45) is 0. The van der Waals surface area contributed by atoms with Gasteiger partial charge in [0.25, 0.3) is 0 Å². The molecule has 0 aromatic heterocycles. The van der Waals surface area contributed by atoms with E-state index in [9.17, 15) is 0 Å². The molecular formula is C7H16N2O2. The van der Waals surface area contributed by atoms with Gasteiger partial charge >= 0.3 is 0 Å². The molecule has 0 amide bonds. The second-order valence-corrected chi connectivity index (χ2v) is 2.43. The Hall–Kier alpha value is -0.160. The highest BCUT2D eigenvalue weighted by Crippen LogP contribution is 1.85. The summed E-state index contributed by atoms with van der Waals surface area (Å²) >= 11 is 0. The van der Waals surface area contributed by atoms with Crippen molar-refractivity contribution in [3.05, 3.63) is 0 Å². The zero-order valence-electron chi connectivity index (χ0n) is 6.77. The first kappa shape index (κ1) is 8.93. The van der Waals surface area contributed by atoms with Crippen molar-refractivity contribution < 1.29 is 9.47 Å². The van der Waals surface area contributed by atoms with Gasteiger partial charge in [0.2, 0.25) is 0 Å². The zero-order chi connectivity index (χ0) is 7.78. The summed E-state index contributed by atoms with van der Waals surface area (Å²) in [6, 6.07) is 0. The van der Waals surface area contributed by atoms with Crippen LogP contribution in [0, 0.1) is 0 Å². The van der Waals surface area contributed by atoms with Crippen LogP contribution >= 0.6 is 0 Å². The number of piperazine rings is 1. The number of hydrogen-bond donors (Lipinski definition) is 2. The standard InChI is InChI=1S/C4H10N2.C3H6O2/c1-2-6-4-3-5-1;1-2-5-3-4-1/h5-6H,1-4H2;1-3H2. The topological polar surface area (TPSA) is 42.5 Å². The summed E-state index contributed by atoms with van der Waals surface area (Å²) in [5, 5.41) is 6.44. The first-order valence-corrected chi connectivity index (χ1v) is 4.07. The van der Waals surface area contributed by atoms with Crippen LogP contribution in [0.3, 0.4) is 0 Å². The van der Waals surface area contributed by atoms with Gasteiger partial charge in [0, 0.05) is 26.2 Å². The van der Waals surface area contributed by atoms with Crippen LogP contribution in [0.2, 0.25) is 0 Å². The SMILES string of the molecule is C1CNCCN1.C1COCO1. The molecule has 2 rings (SSSR count). The Labute approximate surface area is 67.2 Å². The maximum atomic E-state index is 4.72. The van der Waals surface area contributed by atoms with Crippen LogP contribution in [0.15, 0.2) is 0 Å². The van der Waals surface area contributed by atoms with E-state index in [0.717, 1.165) is 39.4 Å². The van der Waals surface area contributed by atoms with Gasteiger partial charge in [-0.3, -0.25) is 0 Å². The number of ether oxygens (including phenoxy) is 2. The van der Waals surface area contributed by atoms with E-state index < -0.39 is 0 Å². The Morgan fingerprint density at radius 2 is 1.18 bits per heavy atom. The highest BCUT2D eigenvalue weighted by atomic mass is 16.7. The Morgan fingerprint density at radius 1 is 0.727 bits per heavy atom. The van der Waals surface area contributed by atoms with E-state index in [1.165, 1.54) is 0 Å². The van der Waals surface area contributed by atoms with Gasteiger partial charge in [0.1, 0.15) is 6.79 Å². The first-order chi connectivity index (χ1) is 5.50. The predicted octanol–water partition coefficient (Wildman–Crippen LogP) is -0.830. The number of rotatable bonds is 0. The van der Waals surface area contributed by atoms with Crippen molar-refractivity contribution in [3.8, 4) is 0 Å². The molecule has 2 fully saturated rings. The molecule has 0 radical (unpaired) electrons. The van der Waals surface area contributed by atoms with Gasteiger partial charge in [-0.05, 0) is 0 Å². The van der Waals surface area contributed by atoms with E-state index >= 15 is 0 Å². The molecule has 2 N–H and O–H groups in total. The molecule has 0 saturated carbocycles. The average molecular weight is 160 g/mol. The Kier molecular flexibility index (Phi) is 5.31. The number of hydrogen-bond acceptors (Lipinski definition) is 4. The zero-order valence-corrected chi connectivity index (χ0v) is 6.77. The predicted molar refractivity (Wildman–Crippen MR) is 42.5 cm³/mol. The molecule has 4 heteroatoms. The lowest BCUT2D eigenvalue weighted by atomic mass is 10.4. The van der Waals surface area contributed by atoms with E-state index in [2.05, 4.69) is 10.6 Å². The van der Waals surface area contributed by atoms with Crippen molar-refractivity contribution in [1.82, 2.24) is 10.6 Å². The van der Waals surface area contributed by atoms with Crippen molar-refractivity contribution in [3.63, 3.8) is 0 Å². The van der Waals surface area contributed by atoms with Crippen molar-refractivity contribution in [2.45, 2.75) is 0 Å². The lowest BCUT2D eigenvalue weighted by Gasteiger charge is -2.11. The molecule has 11 heavy (non-hydrogen) atoms. The van der Waals surface area contributed by atoms with Gasteiger partial charge in [-0.15, -0.1) is 0 Å². The smallest absolute Gasteiger partial charge is 0.146 e. The number of nitrogens with one attached hydrogen (secondary N) is 2. The molecule has 0 atom stereocenters. The third-order valence-corrected chi connectivity index (χ3v) is 1.50. The fraction of sp³-hybridized carbons (Fsp3) is 1.00. The summed E-state index contributed by atoms with van der Waals surface area (Å²) in [4.78, 5) is 0. The molecule has 0 aromatic carbocycles. The van der Waals surface area contributed by atoms with E-state index in [1.54, 1.807) is 0 Å². The van der Waals surface area contributed by atoms with Crippen molar-refractivity contribution in [2.75, 3.05) is 46.2 Å². The minimum absolute atomic E-state index is 0.500. The first-order valence-electron chi connectivity index (χ1n) is 4.07. The summed E-state index contributed by atoms with van der Waals surface area (Å²) in [6.45, 7) is 6.61. The van der Waals surface area contributed by atoms with Crippen molar-refractivity contribution in [2.24, 2.45) is 0 Å². The lowest BCUT2D eigenvalue weighted by molar-refractivity contribution is 0.0692. The summed E-state index contributed by atoms with van der Waals surface area (Å²) in [5.74, 6) is 0. The highest BCUT2D eigenvalue weighted by Gasteiger charge is 1.93. The summed E-state index contributed by atoms with van der Waals surface area (Å²) in [5.41, 5.74) is 0. The van der Waals surface area contributed by atoms with E-state index in [0.29, 0.717) is 6.79 Å². The fourth-order valence-corrected chi connectivity index (χ4v) is 0.898. The van der Waals surface area contributed by atoms with Gasteiger partial charge < -0.3 is 20.1 Å². The molecule has 2 aliphatic rings. The molecule has 2 aliphatic heterocycles. The van der Waals surface area contributed by atoms with Crippen molar-refractivity contribution >= 4 is 0 Å². The molecular weight excluding hydrogens is 144 g/mol. The summed E-state index contributed by atoms with van der Waals surface area (Å²) < 4.78 is 9.44. The molecule has 2 heterocycles. The van der Waals surface area contributed by atoms with Crippen LogP contribution in [0.25, 0.3) is 0 Å². The molecule has 0 unspecified atom stereocenters. The van der Waals surface area contributed by atoms with Gasteiger partial charge in [0.15, 0.2) is 0 Å². The van der Waals surface area contributed by atoms with E-state index in [1.807, 2.05) is 0 Å². The Morgan fingerprint density at radius 3 is 1.36 bits per heavy atom. The van der Waals surface area contributed by atoms with Crippen LogP contribution in [0.4, 0.5) is 0 Å². The van der Waals surface area contributed by atoms with Crippen LogP contribution < -0.4 is 10.6 Å². The van der Waals surface area contributed by atoms with Crippen LogP contribution in [-0.2, 0) is 9.47 Å². The normalized spacial score (nSPS) is 24.0. The van der Waals surface area contributed by atoms with Gasteiger partial charge in [-0.2, -0.15) is 0 Å². The largest absolute Gasteiger partial charge is 0.353 e. The van der Waals surface area contributed by atoms with Gasteiger partial charge in [-0.1, -0.05) is 0 Å². The molecule has 66 valence electrons. The second-order valence-electron chi connectivity index (χ2n) is 2.43. The molecule has 0 aromatic rings. The summed E-state index contributed by atoms with van der Waals surface area (Å²) in [7, 11) is 0. The molecule has 2 saturated heterocycles. The van der Waals surface area contributed by atoms with E-state index in [4.69, 9.17) is 9.47 Å². The molecule has 0 aliphatic carbocycles. The highest BCUT2D eigenvalue weighted by molar-refractivity contribution is 4.59. The maximum Gasteiger partial charge on any atom is 0.146 e. The van der Waals surface area contributed by atoms with Gasteiger partial charge in [0.05, 0.1) is 13.2 Å². The average Bonchev–Trinajstić information content (AvgIpc) is 2.64. The minimum Gasteiger partial charge on any atom is -0.353 e. The third kappa shape index (κ3) is 5.15. The Bertz CT molecular complexity index is 63.4. The molecule has 4 nitrogen and oxygen atoms in total. The maximum absolute atomic E-state index is 4.72. The van der Waals surface area contributed by atoms with Crippen LogP contribution in [-0.4, -0.2) is 46.2 Å². The quantitative estimate of drug-likeness (QED) is 0.485. The van der Waals surface area contributed by atoms with Crippen molar-refractivity contribution in [1.29, 1.82) is 0 Å². The third-order valence-electron chi connectivity index (χ3n) is 1.50. The van der Waals surface area contributed by atoms with Crippen LogP contribution in [0.1, 0.15) is 0 Å². The van der Waals surface area contributed by atoms with Crippen LogP contribution in [0.5, 0.6) is 0 Å². The minimum atomic E-state index is 0.500. The Balaban J connectivity index is 0.000000112. The van der Waals surface area contributed by atoms with E-state index in [-0.39, 0.29) is 0 Å². The lowest BCUT2D eigenvalue weighted by Crippen LogP contribution is -2.39. The van der Waals surface area contributed by atoms with Gasteiger partial charge in [-0.25, -0.2) is 0 Å². The molecule has 0 spiro atoms. The fourth-order valence-electron chi connectivity index (χ4n) is 0.898. The monoisotopic (exact) mass is 160 g/mol. The second kappa shape index (κ2) is 6.54.